The maximum absolute atomic E-state index is 12.2. The average Bonchev–Trinajstić information content (AvgIpc) is 3.09. The first-order chi connectivity index (χ1) is 11.4. The molecule has 1 aromatic heterocycles. The van der Waals surface area contributed by atoms with Gasteiger partial charge in [0, 0.05) is 14.8 Å². The first-order valence-electron chi connectivity index (χ1n) is 6.77. The van der Waals surface area contributed by atoms with E-state index in [1.165, 1.54) is 11.3 Å². The number of carboxylic acid groups (broad SMARTS) is 1. The van der Waals surface area contributed by atoms with Gasteiger partial charge in [0.1, 0.15) is 10.9 Å². The normalized spacial score (nSPS) is 16.2. The number of hydrogen-bond acceptors (Lipinski definition) is 5. The van der Waals surface area contributed by atoms with Crippen LogP contribution in [-0.4, -0.2) is 32.7 Å². The van der Waals surface area contributed by atoms with E-state index in [1.807, 2.05) is 36.4 Å². The Labute approximate surface area is 156 Å². The van der Waals surface area contributed by atoms with Crippen LogP contribution in [0.2, 0.25) is 5.02 Å². The van der Waals surface area contributed by atoms with Crippen molar-refractivity contribution in [2.45, 2.75) is 0 Å². The highest BCUT2D eigenvalue weighted by Crippen LogP contribution is 2.35. The molecule has 1 aliphatic rings. The van der Waals surface area contributed by atoms with Crippen molar-refractivity contribution in [1.82, 2.24) is 4.90 Å². The van der Waals surface area contributed by atoms with Gasteiger partial charge in [0.2, 0.25) is 0 Å². The first kappa shape index (κ1) is 17.2. The number of hydrogen-bond donors (Lipinski definition) is 1. The highest BCUT2D eigenvalue weighted by Gasteiger charge is 2.33. The second-order valence-electron chi connectivity index (χ2n) is 4.87. The lowest BCUT2D eigenvalue weighted by Gasteiger charge is -2.09. The highest BCUT2D eigenvalue weighted by atomic mass is 35.5. The lowest BCUT2D eigenvalue weighted by Crippen LogP contribution is -2.33. The van der Waals surface area contributed by atoms with Crippen LogP contribution < -0.4 is 0 Å². The lowest BCUT2D eigenvalue weighted by atomic mass is 10.2. The third kappa shape index (κ3) is 3.70. The molecule has 0 bridgehead atoms. The number of carboxylic acids is 1. The van der Waals surface area contributed by atoms with Crippen LogP contribution in [0.3, 0.4) is 0 Å². The van der Waals surface area contributed by atoms with Gasteiger partial charge < -0.3 is 5.11 Å². The number of thiophene rings is 1. The van der Waals surface area contributed by atoms with Gasteiger partial charge in [-0.2, -0.15) is 0 Å². The molecule has 1 amide bonds. The van der Waals surface area contributed by atoms with Crippen molar-refractivity contribution in [3.63, 3.8) is 0 Å². The van der Waals surface area contributed by atoms with Crippen molar-refractivity contribution < 1.29 is 14.7 Å². The topological polar surface area (TPSA) is 57.6 Å². The Morgan fingerprint density at radius 2 is 1.96 bits per heavy atom. The van der Waals surface area contributed by atoms with Crippen LogP contribution in [0, 0.1) is 0 Å². The maximum atomic E-state index is 12.2. The summed E-state index contributed by atoms with van der Waals surface area (Å²) in [6.07, 6.45) is 1.74. The van der Waals surface area contributed by atoms with Crippen molar-refractivity contribution in [2.75, 3.05) is 6.54 Å². The fourth-order valence-corrected chi connectivity index (χ4v) is 4.50. The van der Waals surface area contributed by atoms with E-state index in [1.54, 1.807) is 6.08 Å². The number of rotatable bonds is 4. The van der Waals surface area contributed by atoms with Crippen LogP contribution in [0.15, 0.2) is 41.3 Å². The van der Waals surface area contributed by atoms with Gasteiger partial charge in [0.25, 0.3) is 5.91 Å². The molecule has 1 fully saturated rings. The Morgan fingerprint density at radius 1 is 1.25 bits per heavy atom. The van der Waals surface area contributed by atoms with Crippen molar-refractivity contribution in [2.24, 2.45) is 0 Å². The lowest BCUT2D eigenvalue weighted by molar-refractivity contribution is -0.140. The van der Waals surface area contributed by atoms with Gasteiger partial charge in [-0.15, -0.1) is 11.3 Å². The van der Waals surface area contributed by atoms with E-state index in [0.717, 1.165) is 32.0 Å². The Balaban J connectivity index is 1.82. The van der Waals surface area contributed by atoms with Crippen LogP contribution >= 0.6 is 46.9 Å². The van der Waals surface area contributed by atoms with Gasteiger partial charge in [-0.3, -0.25) is 14.5 Å². The Hall–Kier alpha value is -1.67. The maximum Gasteiger partial charge on any atom is 0.323 e. The molecule has 0 aliphatic carbocycles. The number of amides is 1. The third-order valence-electron chi connectivity index (χ3n) is 3.20. The first-order valence-corrected chi connectivity index (χ1v) is 9.19. The molecule has 3 rings (SSSR count). The van der Waals surface area contributed by atoms with Crippen molar-refractivity contribution in [3.05, 3.63) is 51.2 Å². The third-order valence-corrected chi connectivity index (χ3v) is 5.91. The largest absolute Gasteiger partial charge is 0.480 e. The van der Waals surface area contributed by atoms with Gasteiger partial charge in [-0.25, -0.2) is 0 Å². The minimum atomic E-state index is -1.09. The molecule has 0 spiro atoms. The molecular formula is C16H10ClNO3S3. The summed E-state index contributed by atoms with van der Waals surface area (Å²) in [6, 6.07) is 11.4. The minimum absolute atomic E-state index is 0.267. The number of carbonyl (C=O) groups is 2. The minimum Gasteiger partial charge on any atom is -0.480 e. The molecule has 0 radical (unpaired) electrons. The molecule has 1 saturated heterocycles. The van der Waals surface area contributed by atoms with Gasteiger partial charge in [-0.05, 0) is 35.9 Å². The zero-order chi connectivity index (χ0) is 17.3. The predicted molar refractivity (Wildman–Crippen MR) is 102 cm³/mol. The van der Waals surface area contributed by atoms with Crippen LogP contribution in [0.25, 0.3) is 16.5 Å². The number of aliphatic carboxylic acids is 1. The van der Waals surface area contributed by atoms with Crippen molar-refractivity contribution >= 4 is 69.2 Å². The molecule has 0 saturated carbocycles. The SMILES string of the molecule is O=C(O)CN1C(=O)C(=Cc2ccc(-c3ccc(Cl)cc3)s2)SC1=S. The molecule has 2 heterocycles. The van der Waals surface area contributed by atoms with E-state index in [0.29, 0.717) is 9.93 Å². The zero-order valence-electron chi connectivity index (χ0n) is 12.1. The summed E-state index contributed by atoms with van der Waals surface area (Å²) < 4.78 is 0.267. The van der Waals surface area contributed by atoms with Crippen molar-refractivity contribution in [1.29, 1.82) is 0 Å². The van der Waals surface area contributed by atoms with Crippen molar-refractivity contribution in [3.8, 4) is 10.4 Å². The molecule has 0 atom stereocenters. The molecule has 0 unspecified atom stereocenters. The molecule has 24 heavy (non-hydrogen) atoms. The summed E-state index contributed by atoms with van der Waals surface area (Å²) in [4.78, 5) is 26.5. The summed E-state index contributed by atoms with van der Waals surface area (Å²) >= 11 is 13.6. The smallest absolute Gasteiger partial charge is 0.323 e. The van der Waals surface area contributed by atoms with Crippen LogP contribution in [-0.2, 0) is 9.59 Å². The number of halogens is 1. The number of benzene rings is 1. The molecule has 1 N–H and O–H groups in total. The molecule has 4 nitrogen and oxygen atoms in total. The predicted octanol–water partition coefficient (Wildman–Crippen LogP) is 4.35. The summed E-state index contributed by atoms with van der Waals surface area (Å²) in [7, 11) is 0. The number of thiocarbonyl (C=S) groups is 1. The summed E-state index contributed by atoms with van der Waals surface area (Å²) in [5.41, 5.74) is 1.04. The fraction of sp³-hybridized carbons (Fsp3) is 0.0625. The number of nitrogens with zero attached hydrogens (tertiary/aromatic N) is 1. The molecule has 1 aromatic carbocycles. The Morgan fingerprint density at radius 3 is 2.62 bits per heavy atom. The van der Waals surface area contributed by atoms with E-state index in [9.17, 15) is 9.59 Å². The molecular weight excluding hydrogens is 386 g/mol. The van der Waals surface area contributed by atoms with E-state index in [2.05, 4.69) is 0 Å². The number of carbonyl (C=O) groups excluding carboxylic acids is 1. The fourth-order valence-electron chi connectivity index (χ4n) is 2.10. The summed E-state index contributed by atoms with van der Waals surface area (Å²) in [5.74, 6) is -1.46. The van der Waals surface area contributed by atoms with Crippen LogP contribution in [0.5, 0.6) is 0 Å². The second-order valence-corrected chi connectivity index (χ2v) is 8.10. The molecule has 8 heteroatoms. The summed E-state index contributed by atoms with van der Waals surface area (Å²) in [5, 5.41) is 9.52. The Bertz CT molecular complexity index is 858. The Kier molecular flexibility index (Phi) is 5.05. The van der Waals surface area contributed by atoms with Crippen LogP contribution in [0.4, 0.5) is 0 Å². The van der Waals surface area contributed by atoms with E-state index in [-0.39, 0.29) is 10.2 Å². The monoisotopic (exact) mass is 395 g/mol. The van der Waals surface area contributed by atoms with Gasteiger partial charge in [-0.1, -0.05) is 47.7 Å². The zero-order valence-corrected chi connectivity index (χ0v) is 15.3. The second kappa shape index (κ2) is 7.06. The highest BCUT2D eigenvalue weighted by molar-refractivity contribution is 8.26. The van der Waals surface area contributed by atoms with E-state index < -0.39 is 12.5 Å². The molecule has 122 valence electrons. The van der Waals surface area contributed by atoms with Gasteiger partial charge in [0.15, 0.2) is 0 Å². The molecule has 1 aliphatic heterocycles. The summed E-state index contributed by atoms with van der Waals surface area (Å²) in [6.45, 7) is -0.414. The quantitative estimate of drug-likeness (QED) is 0.616. The standard InChI is InChI=1S/C16H10ClNO3S3/c17-10-3-1-9(2-4-10)12-6-5-11(23-12)7-13-15(21)18(8-14(19)20)16(22)24-13/h1-7H,8H2,(H,19,20). The number of thioether (sulfide) groups is 1. The average molecular weight is 396 g/mol. The van der Waals surface area contributed by atoms with Gasteiger partial charge >= 0.3 is 5.97 Å². The van der Waals surface area contributed by atoms with Crippen LogP contribution in [0.1, 0.15) is 4.88 Å². The molecule has 2 aromatic rings. The van der Waals surface area contributed by atoms with E-state index in [4.69, 9.17) is 28.9 Å². The van der Waals surface area contributed by atoms with Gasteiger partial charge in [0.05, 0.1) is 4.91 Å². The van der Waals surface area contributed by atoms with E-state index >= 15 is 0 Å².